The summed E-state index contributed by atoms with van der Waals surface area (Å²) in [6.07, 6.45) is 1.55. The number of para-hydroxylation sites is 2. The van der Waals surface area contributed by atoms with E-state index in [-0.39, 0.29) is 18.4 Å². The Hall–Kier alpha value is -2.89. The van der Waals surface area contributed by atoms with E-state index in [1.54, 1.807) is 42.6 Å². The monoisotopic (exact) mass is 313 g/mol. The van der Waals surface area contributed by atoms with Gasteiger partial charge in [-0.3, -0.25) is 14.6 Å². The Bertz CT molecular complexity index is 674. The van der Waals surface area contributed by atoms with Gasteiger partial charge >= 0.3 is 0 Å². The molecule has 0 unspecified atom stereocenters. The average molecular weight is 313 g/mol. The lowest BCUT2D eigenvalue weighted by Gasteiger charge is -2.20. The molecule has 6 nitrogen and oxygen atoms in total. The summed E-state index contributed by atoms with van der Waals surface area (Å²) in [5.41, 5.74) is 0.890. The molecular weight excluding hydrogens is 294 g/mol. The number of aromatic nitrogens is 1. The van der Waals surface area contributed by atoms with Crippen LogP contribution in [0, 0.1) is 0 Å². The molecule has 0 spiro atoms. The molecule has 2 amide bonds. The zero-order chi connectivity index (χ0) is 16.7. The van der Waals surface area contributed by atoms with Crippen LogP contribution in [0.2, 0.25) is 0 Å². The maximum Gasteiger partial charge on any atom is 0.272 e. The van der Waals surface area contributed by atoms with Crippen molar-refractivity contribution in [3.8, 4) is 5.75 Å². The molecule has 23 heavy (non-hydrogen) atoms. The van der Waals surface area contributed by atoms with Crippen molar-refractivity contribution in [1.82, 2.24) is 9.88 Å². The summed E-state index contributed by atoms with van der Waals surface area (Å²) >= 11 is 0. The summed E-state index contributed by atoms with van der Waals surface area (Å²) in [4.78, 5) is 30.0. The number of carbonyl (C=O) groups excluding carboxylic acids is 2. The van der Waals surface area contributed by atoms with E-state index in [1.165, 1.54) is 12.0 Å². The Labute approximate surface area is 135 Å². The lowest BCUT2D eigenvalue weighted by Crippen LogP contribution is -2.38. The number of methoxy groups -OCH3 is 1. The van der Waals surface area contributed by atoms with Crippen LogP contribution < -0.4 is 10.1 Å². The second-order valence-corrected chi connectivity index (χ2v) is 4.78. The van der Waals surface area contributed by atoms with Gasteiger partial charge in [0.15, 0.2) is 0 Å². The van der Waals surface area contributed by atoms with Crippen molar-refractivity contribution in [2.24, 2.45) is 0 Å². The van der Waals surface area contributed by atoms with E-state index >= 15 is 0 Å². The molecule has 0 aliphatic rings. The number of amides is 2. The molecule has 0 saturated heterocycles. The van der Waals surface area contributed by atoms with E-state index in [4.69, 9.17) is 4.74 Å². The van der Waals surface area contributed by atoms with E-state index in [2.05, 4.69) is 10.3 Å². The number of benzene rings is 1. The number of nitrogens with one attached hydrogen (secondary N) is 1. The molecule has 1 N–H and O–H groups in total. The van der Waals surface area contributed by atoms with E-state index < -0.39 is 0 Å². The zero-order valence-electron chi connectivity index (χ0n) is 13.2. The van der Waals surface area contributed by atoms with Gasteiger partial charge < -0.3 is 15.0 Å². The molecule has 1 aromatic carbocycles. The number of ether oxygens (including phenoxy) is 1. The number of hydrogen-bond acceptors (Lipinski definition) is 4. The third kappa shape index (κ3) is 4.29. The SMILES string of the molecule is CCN(CC(=O)Nc1ccccc1OC)C(=O)c1ccccn1. The van der Waals surface area contributed by atoms with Crippen LogP contribution in [0.15, 0.2) is 48.7 Å². The van der Waals surface area contributed by atoms with Crippen molar-refractivity contribution >= 4 is 17.5 Å². The van der Waals surface area contributed by atoms with Gasteiger partial charge in [0.2, 0.25) is 5.91 Å². The van der Waals surface area contributed by atoms with Crippen LogP contribution in [0.5, 0.6) is 5.75 Å². The number of nitrogens with zero attached hydrogens (tertiary/aromatic N) is 2. The quantitative estimate of drug-likeness (QED) is 0.887. The first-order chi connectivity index (χ1) is 11.2. The molecule has 0 fully saturated rings. The highest BCUT2D eigenvalue weighted by molar-refractivity contribution is 5.99. The van der Waals surface area contributed by atoms with Crippen LogP contribution in [0.4, 0.5) is 5.69 Å². The van der Waals surface area contributed by atoms with Gasteiger partial charge in [-0.2, -0.15) is 0 Å². The molecule has 1 aromatic heterocycles. The molecule has 2 rings (SSSR count). The Morgan fingerprint density at radius 1 is 1.17 bits per heavy atom. The van der Waals surface area contributed by atoms with Crippen molar-refractivity contribution in [2.45, 2.75) is 6.92 Å². The van der Waals surface area contributed by atoms with Crippen molar-refractivity contribution in [2.75, 3.05) is 25.5 Å². The normalized spacial score (nSPS) is 10.0. The Morgan fingerprint density at radius 2 is 1.91 bits per heavy atom. The molecule has 0 atom stereocenters. The molecule has 2 aromatic rings. The number of pyridine rings is 1. The van der Waals surface area contributed by atoms with E-state index in [9.17, 15) is 9.59 Å². The number of likely N-dealkylation sites (N-methyl/N-ethyl adjacent to an activating group) is 1. The Balaban J connectivity index is 2.04. The molecular formula is C17H19N3O3. The summed E-state index contributed by atoms with van der Waals surface area (Å²) in [6, 6.07) is 12.2. The van der Waals surface area contributed by atoms with E-state index in [0.717, 1.165) is 0 Å². The van der Waals surface area contributed by atoms with E-state index in [0.29, 0.717) is 23.7 Å². The van der Waals surface area contributed by atoms with Gasteiger partial charge in [-0.15, -0.1) is 0 Å². The van der Waals surface area contributed by atoms with Gasteiger partial charge in [-0.05, 0) is 31.2 Å². The van der Waals surface area contributed by atoms with Crippen LogP contribution in [0.1, 0.15) is 17.4 Å². The Kier molecular flexibility index (Phi) is 5.68. The molecule has 120 valence electrons. The minimum Gasteiger partial charge on any atom is -0.495 e. The van der Waals surface area contributed by atoms with Gasteiger partial charge in [0.1, 0.15) is 18.0 Å². The van der Waals surface area contributed by atoms with Crippen LogP contribution >= 0.6 is 0 Å². The fraction of sp³-hybridized carbons (Fsp3) is 0.235. The summed E-state index contributed by atoms with van der Waals surface area (Å²) in [5, 5.41) is 2.75. The fourth-order valence-electron chi connectivity index (χ4n) is 2.09. The molecule has 6 heteroatoms. The van der Waals surface area contributed by atoms with Crippen molar-refractivity contribution in [3.05, 3.63) is 54.4 Å². The molecule has 0 radical (unpaired) electrons. The molecule has 0 bridgehead atoms. The standard InChI is InChI=1S/C17H19N3O3/c1-3-20(17(22)14-9-6-7-11-18-14)12-16(21)19-13-8-4-5-10-15(13)23-2/h4-11H,3,12H2,1-2H3,(H,19,21). The first-order valence-corrected chi connectivity index (χ1v) is 7.29. The maximum absolute atomic E-state index is 12.3. The van der Waals surface area contributed by atoms with Crippen molar-refractivity contribution in [1.29, 1.82) is 0 Å². The van der Waals surface area contributed by atoms with Gasteiger partial charge in [0.25, 0.3) is 5.91 Å². The van der Waals surface area contributed by atoms with Crippen molar-refractivity contribution < 1.29 is 14.3 Å². The van der Waals surface area contributed by atoms with E-state index in [1.807, 2.05) is 13.0 Å². The summed E-state index contributed by atoms with van der Waals surface area (Å²) < 4.78 is 5.19. The molecule has 0 aliphatic carbocycles. The Morgan fingerprint density at radius 3 is 2.57 bits per heavy atom. The lowest BCUT2D eigenvalue weighted by atomic mass is 10.2. The number of rotatable bonds is 6. The number of hydrogen-bond donors (Lipinski definition) is 1. The predicted octanol–water partition coefficient (Wildman–Crippen LogP) is 2.19. The second kappa shape index (κ2) is 7.93. The first-order valence-electron chi connectivity index (χ1n) is 7.29. The number of anilines is 1. The highest BCUT2D eigenvalue weighted by Gasteiger charge is 2.18. The number of carbonyl (C=O) groups is 2. The van der Waals surface area contributed by atoms with Gasteiger partial charge in [-0.1, -0.05) is 18.2 Å². The first kappa shape index (κ1) is 16.5. The zero-order valence-corrected chi connectivity index (χ0v) is 13.2. The maximum atomic E-state index is 12.3. The van der Waals surface area contributed by atoms with Gasteiger partial charge in [-0.25, -0.2) is 0 Å². The minimum absolute atomic E-state index is 0.0516. The fourth-order valence-corrected chi connectivity index (χ4v) is 2.09. The largest absolute Gasteiger partial charge is 0.495 e. The average Bonchev–Trinajstić information content (AvgIpc) is 2.60. The topological polar surface area (TPSA) is 71.5 Å². The predicted molar refractivity (Wildman–Crippen MR) is 87.4 cm³/mol. The third-order valence-corrected chi connectivity index (χ3v) is 3.27. The summed E-state index contributed by atoms with van der Waals surface area (Å²) in [7, 11) is 1.54. The minimum atomic E-state index is -0.291. The molecule has 0 aliphatic heterocycles. The van der Waals surface area contributed by atoms with Crippen molar-refractivity contribution in [3.63, 3.8) is 0 Å². The molecule has 0 saturated carbocycles. The van der Waals surface area contributed by atoms with Crippen LogP contribution in [0.3, 0.4) is 0 Å². The highest BCUT2D eigenvalue weighted by atomic mass is 16.5. The highest BCUT2D eigenvalue weighted by Crippen LogP contribution is 2.22. The molecule has 1 heterocycles. The van der Waals surface area contributed by atoms with Gasteiger partial charge in [0, 0.05) is 12.7 Å². The van der Waals surface area contributed by atoms with Crippen LogP contribution in [-0.2, 0) is 4.79 Å². The van der Waals surface area contributed by atoms with Crippen LogP contribution in [-0.4, -0.2) is 41.9 Å². The van der Waals surface area contributed by atoms with Gasteiger partial charge in [0.05, 0.1) is 12.8 Å². The lowest BCUT2D eigenvalue weighted by molar-refractivity contribution is -0.116. The smallest absolute Gasteiger partial charge is 0.272 e. The van der Waals surface area contributed by atoms with Crippen LogP contribution in [0.25, 0.3) is 0 Å². The second-order valence-electron chi connectivity index (χ2n) is 4.78. The summed E-state index contributed by atoms with van der Waals surface area (Å²) in [5.74, 6) is 0.00357. The third-order valence-electron chi connectivity index (χ3n) is 3.27. The summed E-state index contributed by atoms with van der Waals surface area (Å²) in [6.45, 7) is 2.18.